The highest BCUT2D eigenvalue weighted by atomic mass is 16.3. The highest BCUT2D eigenvalue weighted by Crippen LogP contribution is 2.41. The molecule has 10 aromatic rings. The van der Waals surface area contributed by atoms with Gasteiger partial charge in [-0.25, -0.2) is 15.0 Å². The van der Waals surface area contributed by atoms with Gasteiger partial charge in [-0.05, 0) is 70.1 Å². The van der Waals surface area contributed by atoms with E-state index in [2.05, 4.69) is 127 Å². The first-order valence-electron chi connectivity index (χ1n) is 17.6. The predicted octanol–water partition coefficient (Wildman–Crippen LogP) is 10.6. The third kappa shape index (κ3) is 4.60. The van der Waals surface area contributed by atoms with E-state index in [1.165, 1.54) is 16.3 Å². The molecule has 0 saturated heterocycles. The Morgan fingerprint density at radius 3 is 2.10 bits per heavy atom. The van der Waals surface area contributed by atoms with E-state index >= 15 is 0 Å². The second-order valence-corrected chi connectivity index (χ2v) is 13.5. The lowest BCUT2D eigenvalue weighted by Gasteiger charge is -2.15. The smallest absolute Gasteiger partial charge is 0.164 e. The normalized spacial score (nSPS) is 14.2. The Bertz CT molecular complexity index is 3180. The molecule has 244 valence electrons. The summed E-state index contributed by atoms with van der Waals surface area (Å²) in [6.45, 7) is 0. The molecule has 0 saturated carbocycles. The Balaban J connectivity index is 1.12. The van der Waals surface area contributed by atoms with E-state index in [-0.39, 0.29) is 5.92 Å². The van der Waals surface area contributed by atoms with E-state index in [1.807, 2.05) is 30.3 Å². The number of rotatable bonds is 4. The fourth-order valence-corrected chi connectivity index (χ4v) is 7.82. The summed E-state index contributed by atoms with van der Waals surface area (Å²) < 4.78 is 12.9. The zero-order valence-corrected chi connectivity index (χ0v) is 28.0. The van der Waals surface area contributed by atoms with Crippen LogP contribution in [-0.4, -0.2) is 15.0 Å². The molecule has 0 spiro atoms. The molecular formula is C47H29N3O2. The van der Waals surface area contributed by atoms with Crippen LogP contribution in [0.2, 0.25) is 0 Å². The van der Waals surface area contributed by atoms with Gasteiger partial charge in [-0.15, -0.1) is 0 Å². The first kappa shape index (κ1) is 28.9. The third-order valence-corrected chi connectivity index (χ3v) is 10.4. The highest BCUT2D eigenvalue weighted by molar-refractivity contribution is 6.19. The second-order valence-electron chi connectivity index (χ2n) is 13.5. The van der Waals surface area contributed by atoms with Crippen molar-refractivity contribution in [3.8, 4) is 33.9 Å². The van der Waals surface area contributed by atoms with Gasteiger partial charge < -0.3 is 8.83 Å². The Morgan fingerprint density at radius 1 is 0.481 bits per heavy atom. The van der Waals surface area contributed by atoms with E-state index in [4.69, 9.17) is 23.8 Å². The molecule has 52 heavy (non-hydrogen) atoms. The summed E-state index contributed by atoms with van der Waals surface area (Å²) in [7, 11) is 0. The van der Waals surface area contributed by atoms with Crippen LogP contribution in [-0.2, 0) is 0 Å². The summed E-state index contributed by atoms with van der Waals surface area (Å²) in [5.74, 6) is 1.91. The van der Waals surface area contributed by atoms with Crippen LogP contribution in [0.25, 0.3) is 101 Å². The molecule has 3 heterocycles. The lowest BCUT2D eigenvalue weighted by atomic mass is 9.96. The Morgan fingerprint density at radius 2 is 1.19 bits per heavy atom. The maximum atomic E-state index is 6.62. The maximum absolute atomic E-state index is 6.62. The average Bonchev–Trinajstić information content (AvgIpc) is 3.78. The summed E-state index contributed by atoms with van der Waals surface area (Å²) in [4.78, 5) is 15.5. The third-order valence-electron chi connectivity index (χ3n) is 10.4. The molecule has 1 atom stereocenters. The summed E-state index contributed by atoms with van der Waals surface area (Å²) >= 11 is 0. The van der Waals surface area contributed by atoms with Crippen LogP contribution < -0.4 is 10.6 Å². The summed E-state index contributed by atoms with van der Waals surface area (Å²) in [6, 6.07) is 50.5. The van der Waals surface area contributed by atoms with Gasteiger partial charge in [0.2, 0.25) is 0 Å². The van der Waals surface area contributed by atoms with Crippen molar-refractivity contribution in [2.45, 2.75) is 12.3 Å². The molecule has 3 aromatic heterocycles. The lowest BCUT2D eigenvalue weighted by molar-refractivity contribution is 0.568. The van der Waals surface area contributed by atoms with Crippen LogP contribution >= 0.6 is 0 Å². The molecule has 0 bridgehead atoms. The van der Waals surface area contributed by atoms with Crippen LogP contribution in [0.5, 0.6) is 0 Å². The molecule has 11 rings (SSSR count). The minimum atomic E-state index is -0.0773. The molecule has 7 aromatic carbocycles. The van der Waals surface area contributed by atoms with E-state index in [1.54, 1.807) is 0 Å². The van der Waals surface area contributed by atoms with Gasteiger partial charge in [-0.3, -0.25) is 0 Å². The van der Waals surface area contributed by atoms with Crippen molar-refractivity contribution in [3.63, 3.8) is 0 Å². The van der Waals surface area contributed by atoms with Crippen molar-refractivity contribution in [3.05, 3.63) is 162 Å². The van der Waals surface area contributed by atoms with Crippen LogP contribution in [0.15, 0.2) is 154 Å². The monoisotopic (exact) mass is 667 g/mol. The van der Waals surface area contributed by atoms with Gasteiger partial charge in [0.25, 0.3) is 0 Å². The van der Waals surface area contributed by atoms with Crippen molar-refractivity contribution >= 4 is 66.6 Å². The second kappa shape index (κ2) is 11.3. The highest BCUT2D eigenvalue weighted by Gasteiger charge is 2.22. The molecule has 5 heteroatoms. The zero-order chi connectivity index (χ0) is 34.2. The first-order chi connectivity index (χ1) is 25.7. The van der Waals surface area contributed by atoms with E-state index in [0.717, 1.165) is 77.4 Å². The van der Waals surface area contributed by atoms with E-state index in [9.17, 15) is 0 Å². The van der Waals surface area contributed by atoms with Crippen molar-refractivity contribution in [2.75, 3.05) is 0 Å². The molecule has 0 aliphatic heterocycles. The number of aromatic nitrogens is 3. The van der Waals surface area contributed by atoms with Crippen molar-refractivity contribution in [1.29, 1.82) is 0 Å². The zero-order valence-electron chi connectivity index (χ0n) is 28.0. The van der Waals surface area contributed by atoms with Crippen LogP contribution in [0.1, 0.15) is 18.2 Å². The van der Waals surface area contributed by atoms with Crippen molar-refractivity contribution in [1.82, 2.24) is 15.0 Å². The van der Waals surface area contributed by atoms with E-state index in [0.29, 0.717) is 17.5 Å². The standard InChI is InChI=1S/C47H29N3O2/c1-2-11-29(12-3-1)45-48-46(33-20-22-36-35-15-8-9-17-41(35)51-43(36)26-33)50-47(49-45)40-27-39-38-25-32(31-19-18-28-10-4-5-13-30(28)24-31)21-23-42(38)52-44(39)37-16-7-6-14-34(37)40/h1-19,21-27,33H,20H2. The van der Waals surface area contributed by atoms with Gasteiger partial charge >= 0.3 is 0 Å². The maximum Gasteiger partial charge on any atom is 0.164 e. The van der Waals surface area contributed by atoms with Crippen LogP contribution in [0.4, 0.5) is 0 Å². The lowest BCUT2D eigenvalue weighted by Crippen LogP contribution is -2.25. The van der Waals surface area contributed by atoms with Gasteiger partial charge in [0.05, 0.1) is 0 Å². The Hall–Kier alpha value is -6.85. The molecule has 0 amide bonds. The van der Waals surface area contributed by atoms with Crippen molar-refractivity contribution in [2.24, 2.45) is 0 Å². The number of benzene rings is 7. The van der Waals surface area contributed by atoms with Crippen molar-refractivity contribution < 1.29 is 8.83 Å². The van der Waals surface area contributed by atoms with Crippen LogP contribution in [0, 0.1) is 0 Å². The number of nitrogens with zero attached hydrogens (tertiary/aromatic N) is 3. The molecule has 1 unspecified atom stereocenters. The summed E-state index contributed by atoms with van der Waals surface area (Å²) in [6.07, 6.45) is 5.18. The SMILES string of the molecule is C1=c2oc3ccccc3c2=CCC1c1nc(-c2ccccc2)nc(-c2cc3c4cc(-c5ccc6ccccc6c5)ccc4oc3c3ccccc23)n1. The summed E-state index contributed by atoms with van der Waals surface area (Å²) in [5.41, 5.74) is 7.63. The quantitative estimate of drug-likeness (QED) is 0.187. The molecular weight excluding hydrogens is 639 g/mol. The Kier molecular flexibility index (Phi) is 6.31. The molecule has 0 N–H and O–H groups in total. The Labute approximate surface area is 297 Å². The van der Waals surface area contributed by atoms with Gasteiger partial charge in [0, 0.05) is 43.8 Å². The number of fused-ring (bicyclic) bond motifs is 9. The van der Waals surface area contributed by atoms with E-state index < -0.39 is 0 Å². The van der Waals surface area contributed by atoms with Gasteiger partial charge in [0.15, 0.2) is 11.6 Å². The minimum Gasteiger partial charge on any atom is -0.456 e. The number of hydrogen-bond acceptors (Lipinski definition) is 5. The number of para-hydroxylation sites is 1. The van der Waals surface area contributed by atoms with Crippen LogP contribution in [0.3, 0.4) is 0 Å². The molecule has 0 fully saturated rings. The minimum absolute atomic E-state index is 0.0773. The molecule has 1 aliphatic rings. The fourth-order valence-electron chi connectivity index (χ4n) is 7.82. The number of hydrogen-bond donors (Lipinski definition) is 0. The summed E-state index contributed by atoms with van der Waals surface area (Å²) in [5, 5.41) is 8.84. The topological polar surface area (TPSA) is 65.0 Å². The molecule has 0 radical (unpaired) electrons. The van der Waals surface area contributed by atoms with Gasteiger partial charge in [-0.1, -0.05) is 121 Å². The van der Waals surface area contributed by atoms with Gasteiger partial charge in [-0.2, -0.15) is 0 Å². The van der Waals surface area contributed by atoms with Gasteiger partial charge in [0.1, 0.15) is 28.0 Å². The largest absolute Gasteiger partial charge is 0.456 e. The predicted molar refractivity (Wildman–Crippen MR) is 210 cm³/mol. The fraction of sp³-hybridized carbons (Fsp3) is 0.0426. The molecule has 1 aliphatic carbocycles. The first-order valence-corrected chi connectivity index (χ1v) is 17.6. The molecule has 5 nitrogen and oxygen atoms in total. The number of furan rings is 2. The average molecular weight is 668 g/mol.